The number of hydrogen-bond acceptors (Lipinski definition) is 9. The second-order valence-corrected chi connectivity index (χ2v) is 16.0. The minimum absolute atomic E-state index is 0.0249. The number of unbranched alkanes of at least 4 members (excludes halogenated alkanes) is 1. The van der Waals surface area contributed by atoms with Gasteiger partial charge in [0.1, 0.15) is 18.1 Å². The number of nitrogens with zero attached hydrogens (tertiary/aromatic N) is 1. The predicted octanol–water partition coefficient (Wildman–Crippen LogP) is 1.48. The van der Waals surface area contributed by atoms with E-state index in [2.05, 4.69) is 20.7 Å². The van der Waals surface area contributed by atoms with Crippen LogP contribution < -0.4 is 26.4 Å². The van der Waals surface area contributed by atoms with E-state index in [-0.39, 0.29) is 24.3 Å². The number of nitrogens with two attached hydrogens (primary N) is 1. The number of carbonyl (C=O) groups is 6. The van der Waals surface area contributed by atoms with Gasteiger partial charge in [0, 0.05) is 13.0 Å². The summed E-state index contributed by atoms with van der Waals surface area (Å²) in [5.74, 6) is -5.64. The molecule has 15 nitrogen and oxygen atoms in total. The first-order valence-electron chi connectivity index (χ1n) is 17.7. The van der Waals surface area contributed by atoms with Crippen LogP contribution >= 0.6 is 0 Å². The number of likely N-dealkylation sites (tertiary alicyclic amines) is 1. The zero-order chi connectivity index (χ0) is 39.5. The van der Waals surface area contributed by atoms with E-state index in [1.807, 2.05) is 27.7 Å². The zero-order valence-corrected chi connectivity index (χ0v) is 31.9. The standard InChI is InChI=1S/C37H52N6O9S/c1-7-8-19-27(32(45)35(48)39-21-29(44)41-31(33(38)46)24-15-11-9-12-16-24)40-34(47)28-20-25(52-37(4,5)6)22-43(28)36(49)30(23(2)3)42-53(50,51)26-17-13-10-14-18-26/h9-18,23,25,27-28,30-31,42H,7-8,19-22H2,1-6H3,(H2,38,46)(H,39,48)(H,40,47)(H,41,44)/t25-,27?,28+,30+,31+/m1/s1. The van der Waals surface area contributed by atoms with Crippen molar-refractivity contribution in [1.82, 2.24) is 25.6 Å². The lowest BCUT2D eigenvalue weighted by atomic mass is 10.0. The second kappa shape index (κ2) is 18.9. The van der Waals surface area contributed by atoms with Gasteiger partial charge in [-0.3, -0.25) is 28.8 Å². The highest BCUT2D eigenvalue weighted by Crippen LogP contribution is 2.27. The van der Waals surface area contributed by atoms with Crippen LogP contribution in [-0.2, 0) is 43.5 Å². The Morgan fingerprint density at radius 1 is 0.943 bits per heavy atom. The average molecular weight is 757 g/mol. The third kappa shape index (κ3) is 12.5. The van der Waals surface area contributed by atoms with E-state index in [0.29, 0.717) is 18.4 Å². The molecule has 16 heteroatoms. The molecule has 6 N–H and O–H groups in total. The lowest BCUT2D eigenvalue weighted by Gasteiger charge is -2.31. The molecule has 0 saturated carbocycles. The molecule has 1 heterocycles. The molecule has 0 bridgehead atoms. The normalized spacial score (nSPS) is 17.8. The third-order valence-corrected chi connectivity index (χ3v) is 9.93. The minimum atomic E-state index is -4.12. The van der Waals surface area contributed by atoms with Gasteiger partial charge in [-0.25, -0.2) is 8.42 Å². The van der Waals surface area contributed by atoms with Crippen LogP contribution in [0.3, 0.4) is 0 Å². The monoisotopic (exact) mass is 756 g/mol. The summed E-state index contributed by atoms with van der Waals surface area (Å²) in [7, 11) is -4.12. The SMILES string of the molecule is CCCCC(NC(=O)[C@@H]1C[C@@H](OC(C)(C)C)CN1C(=O)[C@@H](NS(=O)(=O)c1ccccc1)C(C)C)C(=O)C(=O)NCC(=O)N[C@H](C(N)=O)c1ccccc1. The van der Waals surface area contributed by atoms with Crippen LogP contribution in [0, 0.1) is 5.92 Å². The Morgan fingerprint density at radius 3 is 2.09 bits per heavy atom. The molecular formula is C37H52N6O9S. The summed E-state index contributed by atoms with van der Waals surface area (Å²) in [4.78, 5) is 80.4. The number of Topliss-reactive ketones (excluding diaryl/α,β-unsaturated/α-hetero) is 1. The van der Waals surface area contributed by atoms with Crippen molar-refractivity contribution in [2.75, 3.05) is 13.1 Å². The summed E-state index contributed by atoms with van der Waals surface area (Å²) in [5.41, 5.74) is 5.25. The molecule has 290 valence electrons. The summed E-state index contributed by atoms with van der Waals surface area (Å²) in [6.07, 6.45) is 0.632. The molecule has 1 fully saturated rings. The van der Waals surface area contributed by atoms with Crippen molar-refractivity contribution in [2.45, 2.75) is 108 Å². The maximum absolute atomic E-state index is 14.1. The van der Waals surface area contributed by atoms with Crippen molar-refractivity contribution in [3.8, 4) is 0 Å². The summed E-state index contributed by atoms with van der Waals surface area (Å²) >= 11 is 0. The number of ketones is 1. The highest BCUT2D eigenvalue weighted by atomic mass is 32.2. The molecule has 1 aliphatic heterocycles. The van der Waals surface area contributed by atoms with Crippen LogP contribution in [0.1, 0.15) is 78.8 Å². The predicted molar refractivity (Wildman–Crippen MR) is 196 cm³/mol. The van der Waals surface area contributed by atoms with Gasteiger partial charge in [0.05, 0.1) is 29.2 Å². The van der Waals surface area contributed by atoms with Crippen molar-refractivity contribution in [3.05, 3.63) is 66.2 Å². The van der Waals surface area contributed by atoms with E-state index in [9.17, 15) is 37.2 Å². The smallest absolute Gasteiger partial charge is 0.290 e. The Bertz CT molecular complexity index is 1710. The number of nitrogens with one attached hydrogen (secondary N) is 4. The summed E-state index contributed by atoms with van der Waals surface area (Å²) in [6.45, 7) is 10.0. The summed E-state index contributed by atoms with van der Waals surface area (Å²) < 4.78 is 35.2. The molecule has 0 spiro atoms. The molecule has 2 aromatic carbocycles. The van der Waals surface area contributed by atoms with Crippen LogP contribution in [-0.4, -0.2) is 91.6 Å². The lowest BCUT2D eigenvalue weighted by Crippen LogP contribution is -2.57. The number of ether oxygens (including phenoxy) is 1. The second-order valence-electron chi connectivity index (χ2n) is 14.3. The Labute approximate surface area is 311 Å². The van der Waals surface area contributed by atoms with Crippen LogP contribution in [0.2, 0.25) is 0 Å². The van der Waals surface area contributed by atoms with Crippen LogP contribution in [0.15, 0.2) is 65.6 Å². The van der Waals surface area contributed by atoms with Gasteiger partial charge in [0.25, 0.3) is 5.91 Å². The van der Waals surface area contributed by atoms with Gasteiger partial charge in [-0.15, -0.1) is 0 Å². The molecule has 0 aliphatic carbocycles. The van der Waals surface area contributed by atoms with Crippen molar-refractivity contribution < 1.29 is 41.9 Å². The van der Waals surface area contributed by atoms with E-state index < -0.39 is 93.7 Å². The number of hydrogen-bond donors (Lipinski definition) is 5. The average Bonchev–Trinajstić information content (AvgIpc) is 3.52. The Morgan fingerprint density at radius 2 is 1.55 bits per heavy atom. The molecule has 2 aromatic rings. The fourth-order valence-corrected chi connectivity index (χ4v) is 7.25. The first kappa shape index (κ1) is 42.7. The highest BCUT2D eigenvalue weighted by Gasteiger charge is 2.45. The quantitative estimate of drug-likeness (QED) is 0.139. The first-order valence-corrected chi connectivity index (χ1v) is 19.1. The van der Waals surface area contributed by atoms with Gasteiger partial charge in [-0.1, -0.05) is 82.1 Å². The molecule has 1 unspecified atom stereocenters. The van der Waals surface area contributed by atoms with Crippen LogP contribution in [0.5, 0.6) is 0 Å². The molecule has 1 saturated heterocycles. The van der Waals surface area contributed by atoms with E-state index in [4.69, 9.17) is 10.5 Å². The Balaban J connectivity index is 1.78. The first-order chi connectivity index (χ1) is 24.8. The van der Waals surface area contributed by atoms with Crippen molar-refractivity contribution in [1.29, 1.82) is 0 Å². The minimum Gasteiger partial charge on any atom is -0.371 e. The molecule has 0 radical (unpaired) electrons. The van der Waals surface area contributed by atoms with E-state index in [1.54, 1.807) is 62.4 Å². The van der Waals surface area contributed by atoms with E-state index in [0.717, 1.165) is 0 Å². The number of sulfonamides is 1. The number of primary amides is 1. The third-order valence-electron chi connectivity index (χ3n) is 8.47. The van der Waals surface area contributed by atoms with Crippen LogP contribution in [0.4, 0.5) is 0 Å². The molecule has 5 amide bonds. The van der Waals surface area contributed by atoms with Crippen LogP contribution in [0.25, 0.3) is 0 Å². The fraction of sp³-hybridized carbons (Fsp3) is 0.514. The number of carbonyl (C=O) groups excluding carboxylic acids is 6. The molecule has 1 aliphatic rings. The topological polar surface area (TPSA) is 223 Å². The van der Waals surface area contributed by atoms with E-state index in [1.165, 1.54) is 17.0 Å². The number of rotatable bonds is 18. The van der Waals surface area contributed by atoms with E-state index >= 15 is 0 Å². The van der Waals surface area contributed by atoms with Crippen molar-refractivity contribution in [3.63, 3.8) is 0 Å². The van der Waals surface area contributed by atoms with Gasteiger partial charge in [0.15, 0.2) is 0 Å². The van der Waals surface area contributed by atoms with Gasteiger partial charge in [0.2, 0.25) is 39.4 Å². The molecule has 5 atom stereocenters. The molecule has 53 heavy (non-hydrogen) atoms. The Kier molecular flexibility index (Phi) is 15.2. The number of amides is 5. The maximum Gasteiger partial charge on any atom is 0.290 e. The maximum atomic E-state index is 14.1. The van der Waals surface area contributed by atoms with Crippen molar-refractivity contribution in [2.24, 2.45) is 11.7 Å². The molecular weight excluding hydrogens is 705 g/mol. The summed E-state index contributed by atoms with van der Waals surface area (Å²) in [6, 6.07) is 11.0. The van der Waals surface area contributed by atoms with Gasteiger partial charge in [-0.2, -0.15) is 4.72 Å². The summed E-state index contributed by atoms with van der Waals surface area (Å²) in [5, 5.41) is 7.32. The highest BCUT2D eigenvalue weighted by molar-refractivity contribution is 7.89. The van der Waals surface area contributed by atoms with Gasteiger partial charge < -0.3 is 31.3 Å². The zero-order valence-electron chi connectivity index (χ0n) is 31.1. The number of benzene rings is 2. The Hall–Kier alpha value is -4.67. The molecule has 3 rings (SSSR count). The van der Waals surface area contributed by atoms with Crippen molar-refractivity contribution >= 4 is 45.3 Å². The fourth-order valence-electron chi connectivity index (χ4n) is 5.89. The van der Waals surface area contributed by atoms with Gasteiger partial charge >= 0.3 is 0 Å². The largest absolute Gasteiger partial charge is 0.371 e. The lowest BCUT2D eigenvalue weighted by molar-refractivity contribution is -0.143. The molecule has 0 aromatic heterocycles. The van der Waals surface area contributed by atoms with Gasteiger partial charge in [-0.05, 0) is 50.8 Å².